The molecule has 0 spiro atoms. The van der Waals surface area contributed by atoms with Crippen LogP contribution in [0.2, 0.25) is 5.02 Å². The van der Waals surface area contributed by atoms with E-state index in [1.54, 1.807) is 11.3 Å². The minimum Gasteiger partial charge on any atom is -0.346 e. The van der Waals surface area contributed by atoms with Crippen molar-refractivity contribution in [2.75, 3.05) is 42.9 Å². The summed E-state index contributed by atoms with van der Waals surface area (Å²) in [5.74, 6) is -0.137. The maximum absolute atomic E-state index is 12.3. The van der Waals surface area contributed by atoms with E-state index >= 15 is 0 Å². The highest BCUT2D eigenvalue weighted by Gasteiger charge is 2.21. The number of amides is 1. The molecule has 1 aromatic heterocycles. The van der Waals surface area contributed by atoms with E-state index in [0.717, 1.165) is 42.6 Å². The Kier molecular flexibility index (Phi) is 6.45. The molecular formula is C21H20ClN5O3S. The van der Waals surface area contributed by atoms with Crippen LogP contribution in [0.4, 0.5) is 16.5 Å². The predicted molar refractivity (Wildman–Crippen MR) is 123 cm³/mol. The van der Waals surface area contributed by atoms with Crippen LogP contribution in [-0.2, 0) is 4.79 Å². The topological polar surface area (TPSA) is 91.6 Å². The van der Waals surface area contributed by atoms with Gasteiger partial charge in [0, 0.05) is 60.0 Å². The Morgan fingerprint density at radius 3 is 2.42 bits per heavy atom. The average Bonchev–Trinajstić information content (AvgIpc) is 3.25. The molecule has 31 heavy (non-hydrogen) atoms. The third kappa shape index (κ3) is 5.38. The Hall–Kier alpha value is -3.01. The number of nitrogens with zero attached hydrogens (tertiary/aromatic N) is 4. The van der Waals surface area contributed by atoms with Crippen LogP contribution < -0.4 is 10.2 Å². The summed E-state index contributed by atoms with van der Waals surface area (Å²) in [6, 6.07) is 13.5. The first-order valence-electron chi connectivity index (χ1n) is 9.71. The number of nitro groups is 1. The SMILES string of the molecule is O=C(CN1CCN(c2nc(-c3ccc(Cl)cc3)cs2)CC1)Nc1ccc([N+](=O)[O-])cc1. The van der Waals surface area contributed by atoms with Gasteiger partial charge in [0.2, 0.25) is 5.91 Å². The van der Waals surface area contributed by atoms with Crippen LogP contribution >= 0.6 is 22.9 Å². The quantitative estimate of drug-likeness (QED) is 0.442. The molecule has 0 radical (unpaired) electrons. The number of thiazole rings is 1. The molecule has 0 unspecified atom stereocenters. The monoisotopic (exact) mass is 457 g/mol. The molecule has 1 N–H and O–H groups in total. The fourth-order valence-electron chi connectivity index (χ4n) is 3.33. The van der Waals surface area contributed by atoms with Crippen LogP contribution in [0.25, 0.3) is 11.3 Å². The number of hydrogen-bond donors (Lipinski definition) is 1. The lowest BCUT2D eigenvalue weighted by Gasteiger charge is -2.34. The molecule has 2 heterocycles. The van der Waals surface area contributed by atoms with Crippen molar-refractivity contribution in [1.29, 1.82) is 0 Å². The highest BCUT2D eigenvalue weighted by atomic mass is 35.5. The van der Waals surface area contributed by atoms with Crippen molar-refractivity contribution < 1.29 is 9.72 Å². The summed E-state index contributed by atoms with van der Waals surface area (Å²) in [6.07, 6.45) is 0. The number of anilines is 2. The second-order valence-corrected chi connectivity index (χ2v) is 8.41. The summed E-state index contributed by atoms with van der Waals surface area (Å²) in [5, 5.41) is 17.2. The minimum atomic E-state index is -0.466. The highest BCUT2D eigenvalue weighted by molar-refractivity contribution is 7.14. The number of aromatic nitrogens is 1. The van der Waals surface area contributed by atoms with Gasteiger partial charge in [-0.2, -0.15) is 0 Å². The predicted octanol–water partition coefficient (Wildman–Crippen LogP) is 4.13. The fourth-order valence-corrected chi connectivity index (χ4v) is 4.34. The Bertz CT molecular complexity index is 1060. The minimum absolute atomic E-state index is 0.00414. The fraction of sp³-hybridized carbons (Fsp3) is 0.238. The van der Waals surface area contributed by atoms with Crippen molar-refractivity contribution in [2.24, 2.45) is 0 Å². The van der Waals surface area contributed by atoms with Crippen LogP contribution in [0.5, 0.6) is 0 Å². The van der Waals surface area contributed by atoms with Gasteiger partial charge in [0.1, 0.15) is 0 Å². The number of non-ortho nitro benzene ring substituents is 1. The maximum atomic E-state index is 12.3. The van der Waals surface area contributed by atoms with Crippen molar-refractivity contribution in [3.05, 3.63) is 69.0 Å². The molecule has 0 atom stereocenters. The number of carbonyl (C=O) groups is 1. The van der Waals surface area contributed by atoms with Gasteiger partial charge in [0.25, 0.3) is 5.69 Å². The lowest BCUT2D eigenvalue weighted by Crippen LogP contribution is -2.48. The Morgan fingerprint density at radius 1 is 1.10 bits per heavy atom. The summed E-state index contributed by atoms with van der Waals surface area (Å²) in [4.78, 5) is 31.6. The highest BCUT2D eigenvalue weighted by Crippen LogP contribution is 2.28. The number of nitrogens with one attached hydrogen (secondary N) is 1. The molecule has 8 nitrogen and oxygen atoms in total. The smallest absolute Gasteiger partial charge is 0.269 e. The van der Waals surface area contributed by atoms with Gasteiger partial charge in [0.15, 0.2) is 5.13 Å². The Morgan fingerprint density at radius 2 is 1.77 bits per heavy atom. The number of piperazine rings is 1. The van der Waals surface area contributed by atoms with Gasteiger partial charge in [-0.15, -0.1) is 11.3 Å². The van der Waals surface area contributed by atoms with E-state index < -0.39 is 4.92 Å². The first-order chi connectivity index (χ1) is 15.0. The molecular weight excluding hydrogens is 438 g/mol. The van der Waals surface area contributed by atoms with Crippen LogP contribution in [-0.4, -0.2) is 53.4 Å². The van der Waals surface area contributed by atoms with Gasteiger partial charge >= 0.3 is 0 Å². The van der Waals surface area contributed by atoms with E-state index in [0.29, 0.717) is 10.7 Å². The molecule has 160 valence electrons. The standard InChI is InChI=1S/C21H20ClN5O3S/c22-16-3-1-15(2-4-16)19-14-31-21(24-19)26-11-9-25(10-12-26)13-20(28)23-17-5-7-18(8-6-17)27(29)30/h1-8,14H,9-13H2,(H,23,28). The molecule has 0 aliphatic carbocycles. The molecule has 1 aliphatic rings. The third-order valence-corrected chi connectivity index (χ3v) is 6.16. The van der Waals surface area contributed by atoms with Crippen molar-refractivity contribution in [1.82, 2.24) is 9.88 Å². The zero-order valence-corrected chi connectivity index (χ0v) is 18.1. The van der Waals surface area contributed by atoms with E-state index in [4.69, 9.17) is 16.6 Å². The molecule has 4 rings (SSSR count). The second kappa shape index (κ2) is 9.42. The zero-order chi connectivity index (χ0) is 21.8. The number of benzene rings is 2. The van der Waals surface area contributed by atoms with E-state index in [-0.39, 0.29) is 18.1 Å². The number of nitro benzene ring substituents is 1. The Labute approximate surface area is 188 Å². The number of hydrogen-bond acceptors (Lipinski definition) is 7. The normalized spacial score (nSPS) is 14.4. The third-order valence-electron chi connectivity index (χ3n) is 5.00. The molecule has 1 amide bonds. The van der Waals surface area contributed by atoms with E-state index in [9.17, 15) is 14.9 Å². The molecule has 1 saturated heterocycles. The lowest BCUT2D eigenvalue weighted by molar-refractivity contribution is -0.384. The van der Waals surface area contributed by atoms with Crippen molar-refractivity contribution in [3.63, 3.8) is 0 Å². The lowest BCUT2D eigenvalue weighted by atomic mass is 10.2. The Balaban J connectivity index is 1.27. The van der Waals surface area contributed by atoms with Gasteiger partial charge in [-0.1, -0.05) is 23.7 Å². The largest absolute Gasteiger partial charge is 0.346 e. The van der Waals surface area contributed by atoms with Crippen LogP contribution in [0.3, 0.4) is 0 Å². The molecule has 0 saturated carbocycles. The summed E-state index contributed by atoms with van der Waals surface area (Å²) >= 11 is 7.57. The summed E-state index contributed by atoms with van der Waals surface area (Å²) in [7, 11) is 0. The first kappa shape index (κ1) is 21.2. The molecule has 2 aromatic carbocycles. The molecule has 1 fully saturated rings. The summed E-state index contributed by atoms with van der Waals surface area (Å²) in [6.45, 7) is 3.36. The van der Waals surface area contributed by atoms with E-state index in [1.807, 2.05) is 29.6 Å². The maximum Gasteiger partial charge on any atom is 0.269 e. The van der Waals surface area contributed by atoms with E-state index in [2.05, 4.69) is 15.1 Å². The number of halogens is 1. The van der Waals surface area contributed by atoms with Crippen LogP contribution in [0.15, 0.2) is 53.9 Å². The van der Waals surface area contributed by atoms with Gasteiger partial charge in [0.05, 0.1) is 17.2 Å². The van der Waals surface area contributed by atoms with Crippen molar-refractivity contribution in [2.45, 2.75) is 0 Å². The second-order valence-electron chi connectivity index (χ2n) is 7.14. The van der Waals surface area contributed by atoms with Gasteiger partial charge < -0.3 is 10.2 Å². The average molecular weight is 458 g/mol. The summed E-state index contributed by atoms with van der Waals surface area (Å²) < 4.78 is 0. The molecule has 10 heteroatoms. The zero-order valence-electron chi connectivity index (χ0n) is 16.5. The number of carbonyl (C=O) groups excluding carboxylic acids is 1. The van der Waals surface area contributed by atoms with Crippen molar-refractivity contribution in [3.8, 4) is 11.3 Å². The van der Waals surface area contributed by atoms with Crippen LogP contribution in [0.1, 0.15) is 0 Å². The first-order valence-corrected chi connectivity index (χ1v) is 11.0. The molecule has 1 aliphatic heterocycles. The van der Waals surface area contributed by atoms with E-state index in [1.165, 1.54) is 24.3 Å². The number of rotatable bonds is 6. The van der Waals surface area contributed by atoms with Crippen molar-refractivity contribution >= 4 is 45.4 Å². The van der Waals surface area contributed by atoms with Gasteiger partial charge in [-0.05, 0) is 24.3 Å². The van der Waals surface area contributed by atoms with Gasteiger partial charge in [-0.25, -0.2) is 4.98 Å². The molecule has 0 bridgehead atoms. The van der Waals surface area contributed by atoms with Gasteiger partial charge in [-0.3, -0.25) is 19.8 Å². The van der Waals surface area contributed by atoms with Crippen LogP contribution in [0, 0.1) is 10.1 Å². The molecule has 3 aromatic rings. The summed E-state index contributed by atoms with van der Waals surface area (Å²) in [5.41, 5.74) is 2.51.